The smallest absolute Gasteiger partial charge is 0.307 e. The molecule has 1 aromatic heterocycles. The van der Waals surface area contributed by atoms with Crippen molar-refractivity contribution >= 4 is 17.7 Å². The predicted molar refractivity (Wildman–Crippen MR) is 145 cm³/mol. The van der Waals surface area contributed by atoms with Crippen LogP contribution in [0.1, 0.15) is 46.8 Å². The Morgan fingerprint density at radius 3 is 2.54 bits per heavy atom. The lowest BCUT2D eigenvalue weighted by molar-refractivity contribution is -0.136. The predicted octanol–water partition coefficient (Wildman–Crippen LogP) is 3.45. The Morgan fingerprint density at radius 1 is 1.14 bits per heavy atom. The standard InChI is InChI=1S/C28H37N5O4/c1-19-24(17-20-9-11-22(12-10-20)37-16-6-14-33(2)3)27(32-28(29)30-19)31-25(13-15-34)23-8-5-4-7-21(23)18-26(35)36/h4-5,7-12,25,34H,6,13-18H2,1-3H3,(H,35,36)(H3,29,30,31,32). The molecular weight excluding hydrogens is 470 g/mol. The number of anilines is 2. The van der Waals surface area contributed by atoms with E-state index in [2.05, 4.69) is 20.2 Å². The maximum atomic E-state index is 11.4. The van der Waals surface area contributed by atoms with Crippen LogP contribution in [0.5, 0.6) is 5.75 Å². The minimum atomic E-state index is -0.914. The van der Waals surface area contributed by atoms with Crippen molar-refractivity contribution in [3.8, 4) is 5.75 Å². The molecular formula is C28H37N5O4. The van der Waals surface area contributed by atoms with Crippen LogP contribution >= 0.6 is 0 Å². The number of nitrogen functional groups attached to an aromatic ring is 1. The van der Waals surface area contributed by atoms with Gasteiger partial charge in [-0.2, -0.15) is 4.98 Å². The van der Waals surface area contributed by atoms with Gasteiger partial charge in [0.1, 0.15) is 11.6 Å². The first-order valence-corrected chi connectivity index (χ1v) is 12.4. The first-order valence-electron chi connectivity index (χ1n) is 12.4. The van der Waals surface area contributed by atoms with Gasteiger partial charge < -0.3 is 30.9 Å². The molecule has 3 aromatic rings. The molecule has 0 aliphatic carbocycles. The molecule has 1 atom stereocenters. The topological polar surface area (TPSA) is 134 Å². The summed E-state index contributed by atoms with van der Waals surface area (Å²) >= 11 is 0. The van der Waals surface area contributed by atoms with Crippen molar-refractivity contribution in [1.29, 1.82) is 0 Å². The van der Waals surface area contributed by atoms with Gasteiger partial charge in [0.2, 0.25) is 5.95 Å². The number of carbonyl (C=O) groups is 1. The highest BCUT2D eigenvalue weighted by molar-refractivity contribution is 5.71. The molecule has 0 amide bonds. The number of aliphatic hydroxyl groups is 1. The van der Waals surface area contributed by atoms with Crippen molar-refractivity contribution in [1.82, 2.24) is 14.9 Å². The number of hydrogen-bond acceptors (Lipinski definition) is 8. The molecule has 0 saturated heterocycles. The summed E-state index contributed by atoms with van der Waals surface area (Å²) in [6, 6.07) is 14.9. The number of rotatable bonds is 14. The molecule has 37 heavy (non-hydrogen) atoms. The Kier molecular flexibility index (Phi) is 10.2. The van der Waals surface area contributed by atoms with E-state index in [-0.39, 0.29) is 25.0 Å². The van der Waals surface area contributed by atoms with E-state index in [0.29, 0.717) is 30.8 Å². The number of nitrogens with one attached hydrogen (secondary N) is 1. The Hall–Kier alpha value is -3.69. The summed E-state index contributed by atoms with van der Waals surface area (Å²) in [6.07, 6.45) is 1.79. The Balaban J connectivity index is 1.82. The first kappa shape index (κ1) is 27.9. The summed E-state index contributed by atoms with van der Waals surface area (Å²) in [5, 5.41) is 22.5. The van der Waals surface area contributed by atoms with Gasteiger partial charge in [0.05, 0.1) is 19.1 Å². The van der Waals surface area contributed by atoms with Crippen molar-refractivity contribution in [2.24, 2.45) is 0 Å². The van der Waals surface area contributed by atoms with Gasteiger partial charge in [-0.1, -0.05) is 36.4 Å². The molecule has 2 aromatic carbocycles. The van der Waals surface area contributed by atoms with E-state index < -0.39 is 5.97 Å². The third-order valence-electron chi connectivity index (χ3n) is 6.05. The highest BCUT2D eigenvalue weighted by atomic mass is 16.5. The molecule has 198 valence electrons. The molecule has 0 spiro atoms. The lowest BCUT2D eigenvalue weighted by Gasteiger charge is -2.24. The molecule has 9 nitrogen and oxygen atoms in total. The summed E-state index contributed by atoms with van der Waals surface area (Å²) in [4.78, 5) is 22.4. The lowest BCUT2D eigenvalue weighted by atomic mass is 9.95. The number of aliphatic carboxylic acids is 1. The summed E-state index contributed by atoms with van der Waals surface area (Å²) < 4.78 is 5.85. The second-order valence-corrected chi connectivity index (χ2v) is 9.30. The van der Waals surface area contributed by atoms with Crippen molar-refractivity contribution < 1.29 is 19.7 Å². The van der Waals surface area contributed by atoms with Crippen LogP contribution in [0.25, 0.3) is 0 Å². The number of benzene rings is 2. The number of aryl methyl sites for hydroxylation is 1. The minimum Gasteiger partial charge on any atom is -0.494 e. The van der Waals surface area contributed by atoms with E-state index in [1.54, 1.807) is 6.07 Å². The number of aliphatic hydroxyl groups excluding tert-OH is 1. The SMILES string of the molecule is Cc1nc(N)nc(NC(CCO)c2ccccc2CC(=O)O)c1Cc1ccc(OCCCN(C)C)cc1. The van der Waals surface area contributed by atoms with Crippen LogP contribution in [0.4, 0.5) is 11.8 Å². The number of nitrogens with two attached hydrogens (primary N) is 1. The van der Waals surface area contributed by atoms with E-state index in [1.165, 1.54) is 0 Å². The van der Waals surface area contributed by atoms with E-state index in [0.717, 1.165) is 41.1 Å². The van der Waals surface area contributed by atoms with Crippen LogP contribution in [-0.2, 0) is 17.6 Å². The zero-order valence-corrected chi connectivity index (χ0v) is 21.8. The molecule has 0 aliphatic rings. The van der Waals surface area contributed by atoms with E-state index in [4.69, 9.17) is 10.5 Å². The third kappa shape index (κ3) is 8.44. The molecule has 0 bridgehead atoms. The molecule has 0 aliphatic heterocycles. The van der Waals surface area contributed by atoms with Crippen LogP contribution in [0.15, 0.2) is 48.5 Å². The van der Waals surface area contributed by atoms with Gasteiger partial charge in [0.15, 0.2) is 0 Å². The fraction of sp³-hybridized carbons (Fsp3) is 0.393. The van der Waals surface area contributed by atoms with Crippen LogP contribution < -0.4 is 15.8 Å². The quantitative estimate of drug-likeness (QED) is 0.242. The minimum absolute atomic E-state index is 0.0794. The number of ether oxygens (including phenoxy) is 1. The Morgan fingerprint density at radius 2 is 1.86 bits per heavy atom. The number of carboxylic acid groups (broad SMARTS) is 1. The number of carboxylic acids is 1. The third-order valence-corrected chi connectivity index (χ3v) is 6.05. The van der Waals surface area contributed by atoms with Gasteiger partial charge in [0, 0.05) is 30.8 Å². The normalized spacial score (nSPS) is 11.9. The zero-order valence-electron chi connectivity index (χ0n) is 21.8. The lowest BCUT2D eigenvalue weighted by Crippen LogP contribution is -2.19. The van der Waals surface area contributed by atoms with Gasteiger partial charge >= 0.3 is 5.97 Å². The monoisotopic (exact) mass is 507 g/mol. The maximum absolute atomic E-state index is 11.4. The van der Waals surface area contributed by atoms with E-state index in [1.807, 2.05) is 63.5 Å². The molecule has 5 N–H and O–H groups in total. The molecule has 0 fully saturated rings. The van der Waals surface area contributed by atoms with Gasteiger partial charge in [-0.25, -0.2) is 4.98 Å². The molecule has 1 heterocycles. The average molecular weight is 508 g/mol. The van der Waals surface area contributed by atoms with E-state index in [9.17, 15) is 15.0 Å². The Labute approximate surface area is 218 Å². The number of aromatic nitrogens is 2. The summed E-state index contributed by atoms with van der Waals surface area (Å²) in [7, 11) is 4.09. The molecule has 1 unspecified atom stereocenters. The number of hydrogen-bond donors (Lipinski definition) is 4. The molecule has 0 radical (unpaired) electrons. The van der Waals surface area contributed by atoms with Crippen molar-refractivity contribution in [3.63, 3.8) is 0 Å². The van der Waals surface area contributed by atoms with Crippen LogP contribution in [0.3, 0.4) is 0 Å². The van der Waals surface area contributed by atoms with Crippen molar-refractivity contribution in [2.45, 2.75) is 38.6 Å². The van der Waals surface area contributed by atoms with Gasteiger partial charge in [0.25, 0.3) is 0 Å². The number of nitrogens with zero attached hydrogens (tertiary/aromatic N) is 3. The van der Waals surface area contributed by atoms with Crippen molar-refractivity contribution in [3.05, 3.63) is 76.5 Å². The van der Waals surface area contributed by atoms with Crippen LogP contribution in [0.2, 0.25) is 0 Å². The maximum Gasteiger partial charge on any atom is 0.307 e. The molecule has 3 rings (SSSR count). The second kappa shape index (κ2) is 13.6. The average Bonchev–Trinajstić information content (AvgIpc) is 2.84. The van der Waals surface area contributed by atoms with Gasteiger partial charge in [-0.15, -0.1) is 0 Å². The van der Waals surface area contributed by atoms with E-state index >= 15 is 0 Å². The molecule has 9 heteroatoms. The largest absolute Gasteiger partial charge is 0.494 e. The fourth-order valence-corrected chi connectivity index (χ4v) is 4.22. The fourth-order valence-electron chi connectivity index (χ4n) is 4.22. The van der Waals surface area contributed by atoms with Crippen LogP contribution in [0, 0.1) is 6.92 Å². The highest BCUT2D eigenvalue weighted by Gasteiger charge is 2.20. The molecule has 0 saturated carbocycles. The summed E-state index contributed by atoms with van der Waals surface area (Å²) in [5.41, 5.74) is 10.2. The van der Waals surface area contributed by atoms with Crippen LogP contribution in [-0.4, -0.2) is 64.9 Å². The van der Waals surface area contributed by atoms with Gasteiger partial charge in [-0.05, 0) is 62.7 Å². The highest BCUT2D eigenvalue weighted by Crippen LogP contribution is 2.29. The van der Waals surface area contributed by atoms with Gasteiger partial charge in [-0.3, -0.25) is 4.79 Å². The second-order valence-electron chi connectivity index (χ2n) is 9.30. The Bertz CT molecular complexity index is 1170. The summed E-state index contributed by atoms with van der Waals surface area (Å²) in [5.74, 6) is 0.622. The summed E-state index contributed by atoms with van der Waals surface area (Å²) in [6.45, 7) is 3.44. The zero-order chi connectivity index (χ0) is 26.8. The first-order chi connectivity index (χ1) is 17.8. The van der Waals surface area contributed by atoms with Crippen molar-refractivity contribution in [2.75, 3.05) is 44.9 Å².